The Balaban J connectivity index is 2.38. The van der Waals surface area contributed by atoms with Gasteiger partial charge in [0.1, 0.15) is 5.69 Å². The summed E-state index contributed by atoms with van der Waals surface area (Å²) in [6, 6.07) is 4.99. The fraction of sp³-hybridized carbons (Fsp3) is 0.429. The van der Waals surface area contributed by atoms with Crippen LogP contribution in [-0.2, 0) is 19.3 Å². The fourth-order valence-corrected chi connectivity index (χ4v) is 2.08. The number of nitrogens with two attached hydrogens (primary N) is 1. The van der Waals surface area contributed by atoms with Gasteiger partial charge in [0.05, 0.1) is 11.3 Å². The van der Waals surface area contributed by atoms with Crippen LogP contribution in [-0.4, -0.2) is 15.0 Å². The molecule has 2 N–H and O–H groups in total. The number of hydrogen-bond donors (Lipinski definition) is 1. The molecule has 1 heterocycles. The molecule has 1 aromatic heterocycles. The van der Waals surface area contributed by atoms with Gasteiger partial charge in [-0.2, -0.15) is 13.2 Å². The molecule has 0 spiro atoms. The van der Waals surface area contributed by atoms with Crippen LogP contribution in [0, 0.1) is 0 Å². The third-order valence-corrected chi connectivity index (χ3v) is 3.21. The van der Waals surface area contributed by atoms with Crippen molar-refractivity contribution in [2.75, 3.05) is 0 Å². The van der Waals surface area contributed by atoms with E-state index in [0.717, 1.165) is 25.0 Å². The highest BCUT2D eigenvalue weighted by Crippen LogP contribution is 2.31. The third kappa shape index (κ3) is 3.41. The second-order valence-electron chi connectivity index (χ2n) is 4.74. The third-order valence-electron chi connectivity index (χ3n) is 3.21. The molecule has 0 unspecified atom stereocenters. The van der Waals surface area contributed by atoms with E-state index >= 15 is 0 Å². The quantitative estimate of drug-likeness (QED) is 0.922. The zero-order chi connectivity index (χ0) is 15.5. The molecular formula is C14H17F3N4. The number of alkyl halides is 3. The topological polar surface area (TPSA) is 56.7 Å². The Labute approximate surface area is 120 Å². The molecule has 0 aliphatic rings. The molecule has 114 valence electrons. The van der Waals surface area contributed by atoms with E-state index in [9.17, 15) is 13.2 Å². The largest absolute Gasteiger partial charge is 0.416 e. The smallest absolute Gasteiger partial charge is 0.325 e. The fourth-order valence-electron chi connectivity index (χ4n) is 2.08. The lowest BCUT2D eigenvalue weighted by Gasteiger charge is -2.10. The van der Waals surface area contributed by atoms with Crippen molar-refractivity contribution < 1.29 is 13.2 Å². The Bertz CT molecular complexity index is 587. The predicted molar refractivity (Wildman–Crippen MR) is 73.3 cm³/mol. The Morgan fingerprint density at radius 1 is 1.19 bits per heavy atom. The summed E-state index contributed by atoms with van der Waals surface area (Å²) in [7, 11) is 0. The Hall–Kier alpha value is -1.89. The van der Waals surface area contributed by atoms with Gasteiger partial charge in [0.15, 0.2) is 0 Å². The molecule has 0 fully saturated rings. The van der Waals surface area contributed by atoms with Gasteiger partial charge in [-0.25, -0.2) is 4.68 Å². The molecule has 0 saturated carbocycles. The minimum Gasteiger partial charge on any atom is -0.325 e. The van der Waals surface area contributed by atoms with Gasteiger partial charge in [0, 0.05) is 18.7 Å². The van der Waals surface area contributed by atoms with Crippen LogP contribution < -0.4 is 5.73 Å². The van der Waals surface area contributed by atoms with Gasteiger partial charge < -0.3 is 5.73 Å². The number of halogens is 3. The second kappa shape index (κ2) is 6.26. The van der Waals surface area contributed by atoms with Crippen molar-refractivity contribution in [3.8, 4) is 11.3 Å². The normalized spacial score (nSPS) is 11.9. The molecule has 0 aliphatic heterocycles. The molecule has 0 atom stereocenters. The van der Waals surface area contributed by atoms with Crippen LogP contribution in [0.15, 0.2) is 24.3 Å². The van der Waals surface area contributed by atoms with Gasteiger partial charge in [-0.1, -0.05) is 30.7 Å². The second-order valence-corrected chi connectivity index (χ2v) is 4.74. The molecule has 21 heavy (non-hydrogen) atoms. The number of aromatic nitrogens is 3. The first-order valence-corrected chi connectivity index (χ1v) is 6.77. The Morgan fingerprint density at radius 3 is 2.38 bits per heavy atom. The van der Waals surface area contributed by atoms with Crippen molar-refractivity contribution in [3.63, 3.8) is 0 Å². The molecule has 4 nitrogen and oxygen atoms in total. The minimum absolute atomic E-state index is 0.197. The average molecular weight is 298 g/mol. The van der Waals surface area contributed by atoms with E-state index in [1.165, 1.54) is 12.1 Å². The highest BCUT2D eigenvalue weighted by atomic mass is 19.4. The summed E-state index contributed by atoms with van der Waals surface area (Å²) in [4.78, 5) is 0. The summed E-state index contributed by atoms with van der Waals surface area (Å²) in [5, 5.41) is 8.04. The highest BCUT2D eigenvalue weighted by molar-refractivity contribution is 5.62. The molecule has 0 aliphatic carbocycles. The lowest BCUT2D eigenvalue weighted by atomic mass is 10.1. The molecule has 0 bridgehead atoms. The first-order valence-electron chi connectivity index (χ1n) is 6.77. The summed E-state index contributed by atoms with van der Waals surface area (Å²) in [6.45, 7) is 2.92. The van der Waals surface area contributed by atoms with Crippen molar-refractivity contribution in [1.82, 2.24) is 15.0 Å². The van der Waals surface area contributed by atoms with Crippen LogP contribution >= 0.6 is 0 Å². The molecule has 0 amide bonds. The van der Waals surface area contributed by atoms with Crippen LogP contribution in [0.1, 0.15) is 31.0 Å². The van der Waals surface area contributed by atoms with Crippen molar-refractivity contribution in [3.05, 3.63) is 35.5 Å². The van der Waals surface area contributed by atoms with Gasteiger partial charge >= 0.3 is 6.18 Å². The van der Waals surface area contributed by atoms with Crippen LogP contribution in [0.4, 0.5) is 13.2 Å². The summed E-state index contributed by atoms with van der Waals surface area (Å²) >= 11 is 0. The summed E-state index contributed by atoms with van der Waals surface area (Å²) < 4.78 is 39.5. The van der Waals surface area contributed by atoms with E-state index in [0.29, 0.717) is 23.5 Å². The highest BCUT2D eigenvalue weighted by Gasteiger charge is 2.30. The van der Waals surface area contributed by atoms with E-state index in [-0.39, 0.29) is 6.54 Å². The van der Waals surface area contributed by atoms with Crippen LogP contribution in [0.2, 0.25) is 0 Å². The molecule has 2 aromatic rings. The van der Waals surface area contributed by atoms with E-state index in [1.807, 2.05) is 0 Å². The lowest BCUT2D eigenvalue weighted by molar-refractivity contribution is -0.137. The first kappa shape index (κ1) is 15.5. The van der Waals surface area contributed by atoms with E-state index in [2.05, 4.69) is 17.2 Å². The number of rotatable bonds is 5. The van der Waals surface area contributed by atoms with Crippen molar-refractivity contribution in [2.45, 2.75) is 39.0 Å². The standard InChI is InChI=1S/C14H17F3N4/c1-2-3-8-21-13(12(9-18)19-20-21)10-4-6-11(7-5-10)14(15,16)17/h4-7H,2-3,8-9,18H2,1H3. The SMILES string of the molecule is CCCCn1nnc(CN)c1-c1ccc(C(F)(F)F)cc1. The maximum absolute atomic E-state index is 12.6. The number of nitrogens with zero attached hydrogens (tertiary/aromatic N) is 3. The van der Waals surface area contributed by atoms with Crippen LogP contribution in [0.5, 0.6) is 0 Å². The van der Waals surface area contributed by atoms with Gasteiger partial charge in [-0.3, -0.25) is 0 Å². The lowest BCUT2D eigenvalue weighted by Crippen LogP contribution is -2.06. The zero-order valence-electron chi connectivity index (χ0n) is 11.7. The van der Waals surface area contributed by atoms with Gasteiger partial charge in [0.25, 0.3) is 0 Å². The van der Waals surface area contributed by atoms with Crippen molar-refractivity contribution in [2.24, 2.45) is 5.73 Å². The van der Waals surface area contributed by atoms with Crippen molar-refractivity contribution >= 4 is 0 Å². The van der Waals surface area contributed by atoms with Crippen LogP contribution in [0.25, 0.3) is 11.3 Å². The van der Waals surface area contributed by atoms with E-state index in [4.69, 9.17) is 5.73 Å². The Kier molecular flexibility index (Phi) is 4.62. The Morgan fingerprint density at radius 2 is 1.86 bits per heavy atom. The maximum Gasteiger partial charge on any atom is 0.416 e. The minimum atomic E-state index is -4.34. The molecule has 7 heteroatoms. The molecule has 0 radical (unpaired) electrons. The number of unbranched alkanes of at least 4 members (excludes halogenated alkanes) is 1. The monoisotopic (exact) mass is 298 g/mol. The summed E-state index contributed by atoms with van der Waals surface area (Å²) in [5.41, 5.74) is 6.89. The molecule has 1 aromatic carbocycles. The first-order chi connectivity index (χ1) is 9.97. The maximum atomic E-state index is 12.6. The zero-order valence-corrected chi connectivity index (χ0v) is 11.7. The summed E-state index contributed by atoms with van der Waals surface area (Å²) in [6.07, 6.45) is -2.43. The van der Waals surface area contributed by atoms with Crippen molar-refractivity contribution in [1.29, 1.82) is 0 Å². The molecular weight excluding hydrogens is 281 g/mol. The number of hydrogen-bond acceptors (Lipinski definition) is 3. The van der Waals surface area contributed by atoms with Gasteiger partial charge in [-0.05, 0) is 18.6 Å². The van der Waals surface area contributed by atoms with Crippen LogP contribution in [0.3, 0.4) is 0 Å². The van der Waals surface area contributed by atoms with Gasteiger partial charge in [-0.15, -0.1) is 5.10 Å². The predicted octanol–water partition coefficient (Wildman–Crippen LogP) is 3.22. The molecule has 0 saturated heterocycles. The number of aryl methyl sites for hydroxylation is 1. The van der Waals surface area contributed by atoms with E-state index < -0.39 is 11.7 Å². The molecule has 2 rings (SSSR count). The summed E-state index contributed by atoms with van der Waals surface area (Å²) in [5.74, 6) is 0. The number of benzene rings is 1. The van der Waals surface area contributed by atoms with E-state index in [1.54, 1.807) is 4.68 Å². The van der Waals surface area contributed by atoms with Gasteiger partial charge in [0.2, 0.25) is 0 Å². The average Bonchev–Trinajstić information content (AvgIpc) is 2.87.